The molecule has 1 aliphatic rings. The number of halogens is 1. The first-order chi connectivity index (χ1) is 7.24. The normalized spacial score (nSPS) is 20.8. The van der Waals surface area contributed by atoms with Gasteiger partial charge in [0.2, 0.25) is 0 Å². The van der Waals surface area contributed by atoms with Crippen LogP contribution in [0.5, 0.6) is 0 Å². The smallest absolute Gasteiger partial charge is 0.281 e. The second-order valence-corrected chi connectivity index (χ2v) is 4.75. The number of benzene rings is 1. The van der Waals surface area contributed by atoms with Gasteiger partial charge < -0.3 is 9.61 Å². The number of hydrogen-bond donors (Lipinski definition) is 0. The van der Waals surface area contributed by atoms with Crippen LogP contribution in [0.3, 0.4) is 0 Å². The summed E-state index contributed by atoms with van der Waals surface area (Å²) in [7, 11) is 0.535. The second-order valence-electron chi connectivity index (χ2n) is 3.90. The summed E-state index contributed by atoms with van der Waals surface area (Å²) in [5, 5.41) is 0. The van der Waals surface area contributed by atoms with Gasteiger partial charge >= 0.3 is 0 Å². The van der Waals surface area contributed by atoms with Crippen molar-refractivity contribution in [1.29, 1.82) is 0 Å². The highest BCUT2D eigenvalue weighted by atomic mass is 79.9. The molecule has 1 aromatic rings. The Balaban J connectivity index is 2.33. The Bertz CT molecular complexity index is 383. The molecule has 1 atom stereocenters. The number of hydrogen-bond acceptors (Lipinski definition) is 2. The minimum Gasteiger partial charge on any atom is -0.332 e. The average molecular weight is 266 g/mol. The van der Waals surface area contributed by atoms with Crippen LogP contribution in [0.25, 0.3) is 0 Å². The maximum atomic E-state index is 10.5. The minimum atomic E-state index is 0.344. The van der Waals surface area contributed by atoms with Crippen LogP contribution >= 0.6 is 15.9 Å². The van der Waals surface area contributed by atoms with E-state index in [9.17, 15) is 4.79 Å². The second kappa shape index (κ2) is 4.50. The quantitative estimate of drug-likeness (QED) is 0.602. The van der Waals surface area contributed by atoms with Crippen molar-refractivity contribution in [1.82, 2.24) is 4.81 Å². The van der Waals surface area contributed by atoms with Gasteiger partial charge in [0, 0.05) is 10.5 Å². The van der Waals surface area contributed by atoms with Gasteiger partial charge in [0.25, 0.3) is 7.41 Å². The van der Waals surface area contributed by atoms with Crippen molar-refractivity contribution in [2.24, 2.45) is 0 Å². The molecule has 4 heteroatoms. The van der Waals surface area contributed by atoms with E-state index < -0.39 is 0 Å². The van der Waals surface area contributed by atoms with Crippen molar-refractivity contribution in [2.75, 3.05) is 6.54 Å². The van der Waals surface area contributed by atoms with Gasteiger partial charge in [-0.25, -0.2) is 0 Å². The lowest BCUT2D eigenvalue weighted by atomic mass is 9.84. The Morgan fingerprint density at radius 2 is 2.40 bits per heavy atom. The molecule has 0 unspecified atom stereocenters. The molecular formula is C11H13BBrNO. The molecule has 0 N–H and O–H groups in total. The third-order valence-corrected chi connectivity index (χ3v) is 3.85. The van der Waals surface area contributed by atoms with E-state index in [1.165, 1.54) is 15.6 Å². The van der Waals surface area contributed by atoms with E-state index in [0.717, 1.165) is 19.2 Å². The third-order valence-electron chi connectivity index (χ3n) is 3.11. The van der Waals surface area contributed by atoms with Crippen LogP contribution in [0.4, 0.5) is 0 Å². The molecule has 1 aliphatic heterocycles. The molecule has 0 saturated carbocycles. The molecule has 2 rings (SSSR count). The molecule has 0 saturated heterocycles. The molecule has 0 amide bonds. The molecule has 1 heterocycles. The van der Waals surface area contributed by atoms with Crippen LogP contribution in [0.1, 0.15) is 24.1 Å². The van der Waals surface area contributed by atoms with Gasteiger partial charge in [-0.3, -0.25) is 0 Å². The molecule has 1 aromatic carbocycles. The number of carbonyl (C=O) groups excluding carboxylic acids is 1. The van der Waals surface area contributed by atoms with Crippen LogP contribution in [0, 0.1) is 0 Å². The number of carbonyl (C=O) groups is 1. The number of nitrogens with zero attached hydrogens (tertiary/aromatic N) is 1. The standard InChI is InChI=1S/C11H13BBrNO/c1-8-9-3-2-4-11(13)10(9)5-6-14(8)12-7-15/h2-4,7-8,12H,5-6H2,1H3/t8-/m1/s1. The number of rotatable bonds is 2. The molecule has 0 aromatic heterocycles. The topological polar surface area (TPSA) is 20.3 Å². The summed E-state index contributed by atoms with van der Waals surface area (Å²) in [6, 6.07) is 6.64. The molecule has 15 heavy (non-hydrogen) atoms. The predicted octanol–water partition coefficient (Wildman–Crippen LogP) is 1.91. The molecule has 0 spiro atoms. The fourth-order valence-electron chi connectivity index (χ4n) is 2.22. The third kappa shape index (κ3) is 2.01. The Labute approximate surface area is 99.0 Å². The first-order valence-electron chi connectivity index (χ1n) is 5.19. The summed E-state index contributed by atoms with van der Waals surface area (Å²) in [5.74, 6) is 0. The molecule has 78 valence electrons. The molecule has 0 fully saturated rings. The van der Waals surface area contributed by atoms with Crippen molar-refractivity contribution < 1.29 is 4.79 Å². The molecule has 0 bridgehead atoms. The first-order valence-corrected chi connectivity index (χ1v) is 5.98. The van der Waals surface area contributed by atoms with E-state index >= 15 is 0 Å². The van der Waals surface area contributed by atoms with Gasteiger partial charge in [0.05, 0.1) is 6.19 Å². The van der Waals surface area contributed by atoms with Gasteiger partial charge in [-0.2, -0.15) is 0 Å². The zero-order chi connectivity index (χ0) is 10.8. The van der Waals surface area contributed by atoms with E-state index in [1.54, 1.807) is 0 Å². The van der Waals surface area contributed by atoms with Crippen LogP contribution in [-0.2, 0) is 11.2 Å². The average Bonchev–Trinajstić information content (AvgIpc) is 2.23. The summed E-state index contributed by atoms with van der Waals surface area (Å²) >= 11 is 3.58. The Hall–Kier alpha value is -0.605. The lowest BCUT2D eigenvalue weighted by Crippen LogP contribution is -2.37. The first kappa shape index (κ1) is 10.9. The highest BCUT2D eigenvalue weighted by Crippen LogP contribution is 2.32. The van der Waals surface area contributed by atoms with Gasteiger partial charge in [0.15, 0.2) is 0 Å². The van der Waals surface area contributed by atoms with E-state index in [4.69, 9.17) is 0 Å². The Kier molecular flexibility index (Phi) is 3.27. The monoisotopic (exact) mass is 265 g/mol. The largest absolute Gasteiger partial charge is 0.332 e. The van der Waals surface area contributed by atoms with Crippen LogP contribution in [-0.4, -0.2) is 25.0 Å². The van der Waals surface area contributed by atoms with Crippen molar-refractivity contribution in [3.05, 3.63) is 33.8 Å². The van der Waals surface area contributed by atoms with E-state index in [2.05, 4.69) is 45.9 Å². The molecule has 2 nitrogen and oxygen atoms in total. The highest BCUT2D eigenvalue weighted by molar-refractivity contribution is 9.10. The molecule has 0 radical (unpaired) electrons. The van der Waals surface area contributed by atoms with E-state index in [-0.39, 0.29) is 0 Å². The summed E-state index contributed by atoms with van der Waals surface area (Å²) < 4.78 is 1.19. The maximum absolute atomic E-state index is 10.5. The highest BCUT2D eigenvalue weighted by Gasteiger charge is 2.24. The van der Waals surface area contributed by atoms with Gasteiger partial charge in [-0.15, -0.1) is 0 Å². The van der Waals surface area contributed by atoms with Crippen LogP contribution in [0.15, 0.2) is 22.7 Å². The Morgan fingerprint density at radius 3 is 3.13 bits per heavy atom. The lowest BCUT2D eigenvalue weighted by Gasteiger charge is -2.34. The number of fused-ring (bicyclic) bond motifs is 1. The van der Waals surface area contributed by atoms with Gasteiger partial charge in [-0.05, 0) is 37.1 Å². The van der Waals surface area contributed by atoms with Gasteiger partial charge in [-0.1, -0.05) is 28.1 Å². The molecular weight excluding hydrogens is 253 g/mol. The van der Waals surface area contributed by atoms with Crippen LogP contribution in [0.2, 0.25) is 0 Å². The van der Waals surface area contributed by atoms with Crippen molar-refractivity contribution in [3.63, 3.8) is 0 Å². The lowest BCUT2D eigenvalue weighted by molar-refractivity contribution is 0.342. The fourth-order valence-corrected chi connectivity index (χ4v) is 2.80. The molecule has 0 aliphatic carbocycles. The summed E-state index contributed by atoms with van der Waals surface area (Å²) in [6.45, 7) is 3.13. The summed E-state index contributed by atoms with van der Waals surface area (Å²) in [4.78, 5) is 12.8. The zero-order valence-corrected chi connectivity index (χ0v) is 10.3. The Morgan fingerprint density at radius 1 is 1.60 bits per heavy atom. The maximum Gasteiger partial charge on any atom is 0.281 e. The fraction of sp³-hybridized carbons (Fsp3) is 0.364. The van der Waals surface area contributed by atoms with Crippen molar-refractivity contribution in [2.45, 2.75) is 19.4 Å². The zero-order valence-electron chi connectivity index (χ0n) is 8.74. The van der Waals surface area contributed by atoms with E-state index in [1.807, 2.05) is 0 Å². The van der Waals surface area contributed by atoms with Crippen LogP contribution < -0.4 is 0 Å². The summed E-state index contributed by atoms with van der Waals surface area (Å²) in [6.07, 6.45) is 2.01. The predicted molar refractivity (Wildman–Crippen MR) is 66.9 cm³/mol. The van der Waals surface area contributed by atoms with Crippen molar-refractivity contribution >= 4 is 29.5 Å². The summed E-state index contributed by atoms with van der Waals surface area (Å²) in [5.41, 5.74) is 2.74. The SMILES string of the molecule is C[C@@H]1c2cccc(Br)c2CCN1BC=O. The van der Waals surface area contributed by atoms with Gasteiger partial charge in [0.1, 0.15) is 0 Å². The van der Waals surface area contributed by atoms with Crippen molar-refractivity contribution in [3.8, 4) is 0 Å². The van der Waals surface area contributed by atoms with E-state index in [0.29, 0.717) is 13.5 Å². The minimum absolute atomic E-state index is 0.344.